The van der Waals surface area contributed by atoms with Gasteiger partial charge in [-0.1, -0.05) is 47.6 Å². The molecule has 0 saturated heterocycles. The molecule has 0 bridgehead atoms. The van der Waals surface area contributed by atoms with Gasteiger partial charge in [0.15, 0.2) is 11.0 Å². The fourth-order valence-corrected chi connectivity index (χ4v) is 3.52. The van der Waals surface area contributed by atoms with Crippen molar-refractivity contribution in [2.45, 2.75) is 18.6 Å². The number of aromatic nitrogens is 3. The van der Waals surface area contributed by atoms with Crippen molar-refractivity contribution >= 4 is 35.0 Å². The van der Waals surface area contributed by atoms with Gasteiger partial charge in [0.1, 0.15) is 6.07 Å². The van der Waals surface area contributed by atoms with Crippen molar-refractivity contribution in [1.29, 1.82) is 5.26 Å². The lowest BCUT2D eigenvalue weighted by atomic mass is 10.2. The van der Waals surface area contributed by atoms with Gasteiger partial charge in [0.05, 0.1) is 17.0 Å². The second-order valence-electron chi connectivity index (χ2n) is 5.56. The molecular weight excluding hydrogens is 382 g/mol. The van der Waals surface area contributed by atoms with Gasteiger partial charge in [0.25, 0.3) is 0 Å². The number of carbonyl (C=O) groups excluding carboxylic acids is 1. The number of nitriles is 1. The molecule has 3 aromatic rings. The molecule has 136 valence electrons. The van der Waals surface area contributed by atoms with Crippen LogP contribution in [0, 0.1) is 11.3 Å². The smallest absolute Gasteiger partial charge is 0.234 e. The average molecular weight is 398 g/mol. The van der Waals surface area contributed by atoms with Crippen molar-refractivity contribution in [3.63, 3.8) is 0 Å². The topological polar surface area (TPSA) is 83.6 Å². The molecule has 0 aliphatic carbocycles. The zero-order chi connectivity index (χ0) is 19.2. The van der Waals surface area contributed by atoms with E-state index in [1.165, 1.54) is 11.8 Å². The van der Waals surface area contributed by atoms with Gasteiger partial charge in [-0.2, -0.15) is 5.26 Å². The van der Waals surface area contributed by atoms with E-state index in [1.54, 1.807) is 30.3 Å². The molecule has 1 N–H and O–H groups in total. The molecule has 0 fully saturated rings. The van der Waals surface area contributed by atoms with E-state index in [0.29, 0.717) is 33.8 Å². The van der Waals surface area contributed by atoms with Gasteiger partial charge < -0.3 is 9.88 Å². The molecular formula is C19H16ClN5OS. The predicted octanol–water partition coefficient (Wildman–Crippen LogP) is 4.22. The Balaban J connectivity index is 1.71. The Kier molecular flexibility index (Phi) is 6.12. The van der Waals surface area contributed by atoms with Crippen LogP contribution < -0.4 is 5.32 Å². The van der Waals surface area contributed by atoms with E-state index in [1.807, 2.05) is 29.7 Å². The molecule has 6 nitrogen and oxygen atoms in total. The molecule has 0 radical (unpaired) electrons. The number of benzene rings is 2. The first-order valence-corrected chi connectivity index (χ1v) is 9.59. The van der Waals surface area contributed by atoms with Crippen LogP contribution in [0.25, 0.3) is 11.4 Å². The summed E-state index contributed by atoms with van der Waals surface area (Å²) in [6, 6.07) is 16.4. The van der Waals surface area contributed by atoms with Gasteiger partial charge >= 0.3 is 0 Å². The van der Waals surface area contributed by atoms with Crippen LogP contribution in [-0.2, 0) is 11.3 Å². The highest BCUT2D eigenvalue weighted by Gasteiger charge is 2.15. The molecule has 0 aliphatic heterocycles. The van der Waals surface area contributed by atoms with Gasteiger partial charge in [0.2, 0.25) is 5.91 Å². The summed E-state index contributed by atoms with van der Waals surface area (Å²) in [6.45, 7) is 2.65. The van der Waals surface area contributed by atoms with E-state index in [-0.39, 0.29) is 11.7 Å². The first kappa shape index (κ1) is 19.0. The molecule has 1 amide bonds. The number of nitrogens with zero attached hydrogens (tertiary/aromatic N) is 4. The van der Waals surface area contributed by atoms with Crippen molar-refractivity contribution in [3.8, 4) is 17.5 Å². The van der Waals surface area contributed by atoms with Gasteiger partial charge in [-0.15, -0.1) is 10.2 Å². The lowest BCUT2D eigenvalue weighted by Gasteiger charge is -2.08. The quantitative estimate of drug-likeness (QED) is 0.629. The van der Waals surface area contributed by atoms with E-state index >= 15 is 0 Å². The Labute approximate surface area is 166 Å². The highest BCUT2D eigenvalue weighted by molar-refractivity contribution is 7.99. The molecule has 1 aromatic heterocycles. The van der Waals surface area contributed by atoms with Crippen LogP contribution in [0.15, 0.2) is 53.7 Å². The summed E-state index contributed by atoms with van der Waals surface area (Å²) in [5, 5.41) is 21.6. The van der Waals surface area contributed by atoms with Gasteiger partial charge in [0, 0.05) is 17.1 Å². The lowest BCUT2D eigenvalue weighted by molar-refractivity contribution is -0.113. The summed E-state index contributed by atoms with van der Waals surface area (Å²) in [5.41, 5.74) is 1.80. The van der Waals surface area contributed by atoms with E-state index in [9.17, 15) is 4.79 Å². The van der Waals surface area contributed by atoms with Crippen LogP contribution in [0.3, 0.4) is 0 Å². The number of halogens is 1. The SMILES string of the molecule is CCn1c(SCC(=O)Nc2ccccc2C#N)nnc1-c1cccc(Cl)c1. The zero-order valence-corrected chi connectivity index (χ0v) is 16.1. The number of para-hydroxylation sites is 1. The third-order valence-electron chi connectivity index (χ3n) is 3.77. The maximum Gasteiger partial charge on any atom is 0.234 e. The minimum absolute atomic E-state index is 0.160. The van der Waals surface area contributed by atoms with Crippen molar-refractivity contribution in [3.05, 3.63) is 59.1 Å². The average Bonchev–Trinajstić information content (AvgIpc) is 3.09. The summed E-state index contributed by atoms with van der Waals surface area (Å²) >= 11 is 7.36. The Morgan fingerprint density at radius 2 is 2.07 bits per heavy atom. The standard InChI is InChI=1S/C19H16ClN5OS/c1-2-25-18(13-7-5-8-15(20)10-13)23-24-19(25)27-12-17(26)22-16-9-4-3-6-14(16)11-21/h3-10H,2,12H2,1H3,(H,22,26). The summed E-state index contributed by atoms with van der Waals surface area (Å²) in [4.78, 5) is 12.3. The van der Waals surface area contributed by atoms with Crippen LogP contribution in [-0.4, -0.2) is 26.4 Å². The van der Waals surface area contributed by atoms with E-state index in [2.05, 4.69) is 21.6 Å². The second-order valence-corrected chi connectivity index (χ2v) is 6.93. The van der Waals surface area contributed by atoms with Crippen molar-refractivity contribution in [2.24, 2.45) is 0 Å². The Morgan fingerprint density at radius 1 is 1.26 bits per heavy atom. The highest BCUT2D eigenvalue weighted by Crippen LogP contribution is 2.26. The first-order valence-electron chi connectivity index (χ1n) is 8.23. The molecule has 1 heterocycles. The number of carbonyl (C=O) groups is 1. The first-order chi connectivity index (χ1) is 13.1. The molecule has 0 unspecified atom stereocenters. The number of amides is 1. The number of nitrogens with one attached hydrogen (secondary N) is 1. The molecule has 27 heavy (non-hydrogen) atoms. The van der Waals surface area contributed by atoms with Crippen molar-refractivity contribution in [1.82, 2.24) is 14.8 Å². The molecule has 8 heteroatoms. The van der Waals surface area contributed by atoms with E-state index in [4.69, 9.17) is 16.9 Å². The van der Waals surface area contributed by atoms with Crippen molar-refractivity contribution < 1.29 is 4.79 Å². The summed E-state index contributed by atoms with van der Waals surface area (Å²) in [6.07, 6.45) is 0. The zero-order valence-electron chi connectivity index (χ0n) is 14.5. The van der Waals surface area contributed by atoms with Crippen LogP contribution in [0.1, 0.15) is 12.5 Å². The molecule has 2 aromatic carbocycles. The summed E-state index contributed by atoms with van der Waals surface area (Å²) in [5.74, 6) is 0.656. The number of anilines is 1. The maximum atomic E-state index is 12.3. The molecule has 0 atom stereocenters. The monoisotopic (exact) mass is 397 g/mol. The van der Waals surface area contributed by atoms with Gasteiger partial charge in [-0.25, -0.2) is 0 Å². The third-order valence-corrected chi connectivity index (χ3v) is 4.97. The molecule has 0 saturated carbocycles. The predicted molar refractivity (Wildman–Crippen MR) is 107 cm³/mol. The summed E-state index contributed by atoms with van der Waals surface area (Å²) < 4.78 is 1.94. The Hall–Kier alpha value is -2.82. The molecule has 0 aliphatic rings. The van der Waals surface area contributed by atoms with Crippen molar-refractivity contribution in [2.75, 3.05) is 11.1 Å². The number of rotatable bonds is 6. The fourth-order valence-electron chi connectivity index (χ4n) is 2.53. The minimum Gasteiger partial charge on any atom is -0.324 e. The molecule has 3 rings (SSSR count). The van der Waals surface area contributed by atoms with Crippen LogP contribution in [0.2, 0.25) is 5.02 Å². The van der Waals surface area contributed by atoms with Crippen LogP contribution in [0.4, 0.5) is 5.69 Å². The van der Waals surface area contributed by atoms with Gasteiger partial charge in [-0.3, -0.25) is 4.79 Å². The minimum atomic E-state index is -0.211. The lowest BCUT2D eigenvalue weighted by Crippen LogP contribution is -2.15. The fraction of sp³-hybridized carbons (Fsp3) is 0.158. The largest absolute Gasteiger partial charge is 0.324 e. The van der Waals surface area contributed by atoms with Crippen LogP contribution >= 0.6 is 23.4 Å². The maximum absolute atomic E-state index is 12.3. The molecule has 0 spiro atoms. The Bertz CT molecular complexity index is 1010. The number of hydrogen-bond donors (Lipinski definition) is 1. The normalized spacial score (nSPS) is 10.4. The van der Waals surface area contributed by atoms with E-state index in [0.717, 1.165) is 5.56 Å². The number of hydrogen-bond acceptors (Lipinski definition) is 5. The third kappa shape index (κ3) is 4.48. The number of thioether (sulfide) groups is 1. The van der Waals surface area contributed by atoms with E-state index < -0.39 is 0 Å². The summed E-state index contributed by atoms with van der Waals surface area (Å²) in [7, 11) is 0. The second kappa shape index (κ2) is 8.71. The van der Waals surface area contributed by atoms with Gasteiger partial charge in [-0.05, 0) is 31.2 Å². The highest BCUT2D eigenvalue weighted by atomic mass is 35.5. The Morgan fingerprint density at radius 3 is 2.81 bits per heavy atom. The van der Waals surface area contributed by atoms with Crippen LogP contribution in [0.5, 0.6) is 0 Å².